The first-order chi connectivity index (χ1) is 10.6. The van der Waals surface area contributed by atoms with Crippen molar-refractivity contribution in [1.82, 2.24) is 0 Å². The number of rotatable bonds is 3. The molecule has 118 valence electrons. The number of hydrogen-bond acceptors (Lipinski definition) is 3. The summed E-state index contributed by atoms with van der Waals surface area (Å²) in [7, 11) is 0. The van der Waals surface area contributed by atoms with E-state index in [9.17, 15) is 9.59 Å². The van der Waals surface area contributed by atoms with Crippen molar-refractivity contribution in [2.75, 3.05) is 18.5 Å². The maximum atomic E-state index is 12.2. The van der Waals surface area contributed by atoms with Gasteiger partial charge in [0.1, 0.15) is 12.6 Å². The van der Waals surface area contributed by atoms with Crippen LogP contribution in [0.25, 0.3) is 0 Å². The van der Waals surface area contributed by atoms with Gasteiger partial charge in [-0.2, -0.15) is 0 Å². The molecule has 2 aliphatic heterocycles. The first kappa shape index (κ1) is 15.3. The van der Waals surface area contributed by atoms with Crippen molar-refractivity contribution in [2.24, 2.45) is 0 Å². The Balaban J connectivity index is 1.65. The van der Waals surface area contributed by atoms with Crippen LogP contribution in [0.15, 0.2) is 24.3 Å². The molecule has 1 aromatic carbocycles. The lowest BCUT2D eigenvalue weighted by molar-refractivity contribution is -0.951. The third kappa shape index (κ3) is 3.42. The Morgan fingerprint density at radius 3 is 3.09 bits per heavy atom. The minimum absolute atomic E-state index is 0.150. The molecule has 1 aromatic rings. The van der Waals surface area contributed by atoms with Gasteiger partial charge in [-0.25, -0.2) is 4.79 Å². The number of amides is 1. The highest BCUT2D eigenvalue weighted by Crippen LogP contribution is 2.16. The van der Waals surface area contributed by atoms with Gasteiger partial charge in [0.05, 0.1) is 13.0 Å². The summed E-state index contributed by atoms with van der Waals surface area (Å²) in [6.07, 6.45) is 3.49. The quantitative estimate of drug-likeness (QED) is 0.817. The predicted octanol–water partition coefficient (Wildman–Crippen LogP) is 1.03. The molecule has 2 N–H and O–H groups in total. The number of nitrogens with one attached hydrogen (secondary N) is 2. The number of anilines is 1. The molecule has 2 aliphatic rings. The van der Waals surface area contributed by atoms with Crippen molar-refractivity contribution in [3.8, 4) is 0 Å². The van der Waals surface area contributed by atoms with E-state index in [1.54, 1.807) is 24.3 Å². The summed E-state index contributed by atoms with van der Waals surface area (Å²) in [5.41, 5.74) is 0.645. The van der Waals surface area contributed by atoms with E-state index < -0.39 is 6.04 Å². The second-order valence-corrected chi connectivity index (χ2v) is 6.40. The van der Waals surface area contributed by atoms with Crippen molar-refractivity contribution in [3.05, 3.63) is 29.3 Å². The molecule has 0 spiro atoms. The van der Waals surface area contributed by atoms with E-state index in [4.69, 9.17) is 16.3 Å². The van der Waals surface area contributed by atoms with Gasteiger partial charge in [-0.1, -0.05) is 17.7 Å². The molecular weight excluding hydrogens is 304 g/mol. The number of cyclic esters (lactones) is 1. The largest absolute Gasteiger partial charge is 0.455 e. The average molecular weight is 324 g/mol. The number of esters is 1. The summed E-state index contributed by atoms with van der Waals surface area (Å²) < 4.78 is 5.27. The molecule has 22 heavy (non-hydrogen) atoms. The van der Waals surface area contributed by atoms with Crippen LogP contribution in [0.4, 0.5) is 5.69 Å². The van der Waals surface area contributed by atoms with Gasteiger partial charge >= 0.3 is 5.97 Å². The maximum absolute atomic E-state index is 12.2. The first-order valence-electron chi connectivity index (χ1n) is 7.71. The van der Waals surface area contributed by atoms with Crippen LogP contribution in [0.1, 0.15) is 25.7 Å². The molecule has 3 rings (SSSR count). The topological polar surface area (TPSA) is 59.8 Å². The van der Waals surface area contributed by atoms with Crippen molar-refractivity contribution in [2.45, 2.75) is 37.8 Å². The smallest absolute Gasteiger partial charge is 0.365 e. The fourth-order valence-corrected chi connectivity index (χ4v) is 3.56. The SMILES string of the molecule is O=C(C[C@@H]1C(=O)OC[C@@H]2CCCC[NH+]21)Nc1cccc(Cl)c1. The van der Waals surface area contributed by atoms with Crippen molar-refractivity contribution < 1.29 is 19.2 Å². The highest BCUT2D eigenvalue weighted by molar-refractivity contribution is 6.30. The number of piperidine rings is 1. The van der Waals surface area contributed by atoms with Crippen molar-refractivity contribution in [1.29, 1.82) is 0 Å². The van der Waals surface area contributed by atoms with E-state index in [-0.39, 0.29) is 18.3 Å². The van der Waals surface area contributed by atoms with Crippen LogP contribution >= 0.6 is 11.6 Å². The fraction of sp³-hybridized carbons (Fsp3) is 0.500. The van der Waals surface area contributed by atoms with Gasteiger partial charge in [-0.15, -0.1) is 0 Å². The molecule has 0 saturated carbocycles. The minimum Gasteiger partial charge on any atom is -0.455 e. The van der Waals surface area contributed by atoms with Crippen LogP contribution in [0.2, 0.25) is 5.02 Å². The van der Waals surface area contributed by atoms with Gasteiger partial charge in [-0.3, -0.25) is 4.79 Å². The Morgan fingerprint density at radius 2 is 2.27 bits per heavy atom. The third-order valence-electron chi connectivity index (χ3n) is 4.45. The summed E-state index contributed by atoms with van der Waals surface area (Å²) in [6.45, 7) is 1.43. The molecule has 0 bridgehead atoms. The van der Waals surface area contributed by atoms with Crippen molar-refractivity contribution in [3.63, 3.8) is 0 Å². The van der Waals surface area contributed by atoms with E-state index in [1.165, 1.54) is 11.3 Å². The van der Waals surface area contributed by atoms with E-state index >= 15 is 0 Å². The van der Waals surface area contributed by atoms with Gasteiger partial charge in [-0.05, 0) is 31.0 Å². The molecule has 3 atom stereocenters. The van der Waals surface area contributed by atoms with E-state index in [1.807, 2.05) is 0 Å². The van der Waals surface area contributed by atoms with Crippen LogP contribution in [-0.4, -0.2) is 37.1 Å². The predicted molar refractivity (Wildman–Crippen MR) is 82.9 cm³/mol. The zero-order chi connectivity index (χ0) is 15.5. The number of carbonyl (C=O) groups excluding carboxylic acids is 2. The third-order valence-corrected chi connectivity index (χ3v) is 4.68. The lowest BCUT2D eigenvalue weighted by Gasteiger charge is -2.40. The number of benzene rings is 1. The van der Waals surface area contributed by atoms with E-state index in [2.05, 4.69) is 5.32 Å². The number of morpholine rings is 1. The average Bonchev–Trinajstić information content (AvgIpc) is 2.50. The number of fused-ring (bicyclic) bond motifs is 1. The molecule has 6 heteroatoms. The molecule has 0 radical (unpaired) electrons. The van der Waals surface area contributed by atoms with Gasteiger partial charge in [0.15, 0.2) is 6.04 Å². The van der Waals surface area contributed by atoms with Crippen LogP contribution in [0, 0.1) is 0 Å². The summed E-state index contributed by atoms with van der Waals surface area (Å²) in [5.74, 6) is -0.433. The number of ether oxygens (including phenoxy) is 1. The summed E-state index contributed by atoms with van der Waals surface area (Å²) in [5, 5.41) is 3.37. The molecule has 2 fully saturated rings. The Kier molecular flexibility index (Phi) is 4.64. The zero-order valence-electron chi connectivity index (χ0n) is 12.3. The van der Waals surface area contributed by atoms with Crippen LogP contribution in [-0.2, 0) is 14.3 Å². The molecular formula is C16H20ClN2O3+. The molecule has 1 unspecified atom stereocenters. The van der Waals surface area contributed by atoms with Gasteiger partial charge < -0.3 is 15.0 Å². The normalized spacial score (nSPS) is 27.7. The number of hydrogen-bond donors (Lipinski definition) is 2. The molecule has 2 heterocycles. The highest BCUT2D eigenvalue weighted by atomic mass is 35.5. The zero-order valence-corrected chi connectivity index (χ0v) is 13.1. The number of quaternary nitrogens is 1. The summed E-state index contributed by atoms with van der Waals surface area (Å²) in [6, 6.07) is 6.94. The minimum atomic E-state index is -0.391. The second kappa shape index (κ2) is 6.67. The molecule has 0 aromatic heterocycles. The first-order valence-corrected chi connectivity index (χ1v) is 8.09. The molecule has 2 saturated heterocycles. The molecule has 1 amide bonds. The number of carbonyl (C=O) groups is 2. The Bertz CT molecular complexity index is 578. The summed E-state index contributed by atoms with van der Waals surface area (Å²) >= 11 is 5.90. The Labute approximate surface area is 134 Å². The van der Waals surface area contributed by atoms with Crippen LogP contribution in [0.3, 0.4) is 0 Å². The fourth-order valence-electron chi connectivity index (χ4n) is 3.37. The van der Waals surface area contributed by atoms with Crippen LogP contribution in [0.5, 0.6) is 0 Å². The number of halogens is 1. The monoisotopic (exact) mass is 323 g/mol. The van der Waals surface area contributed by atoms with Gasteiger partial charge in [0, 0.05) is 17.1 Å². The van der Waals surface area contributed by atoms with Crippen LogP contribution < -0.4 is 10.2 Å². The highest BCUT2D eigenvalue weighted by Gasteiger charge is 2.43. The Morgan fingerprint density at radius 1 is 1.41 bits per heavy atom. The maximum Gasteiger partial charge on any atom is 0.365 e. The van der Waals surface area contributed by atoms with Gasteiger partial charge in [0.25, 0.3) is 0 Å². The second-order valence-electron chi connectivity index (χ2n) is 5.96. The van der Waals surface area contributed by atoms with Gasteiger partial charge in [0.2, 0.25) is 5.91 Å². The Hall–Kier alpha value is -1.59. The summed E-state index contributed by atoms with van der Waals surface area (Å²) in [4.78, 5) is 25.5. The van der Waals surface area contributed by atoms with E-state index in [0.717, 1.165) is 19.4 Å². The standard InChI is InChI=1S/C16H19ClN2O3/c17-11-4-3-5-12(8-11)18-15(20)9-14-16(21)22-10-13-6-1-2-7-19(13)14/h3-5,8,13-14H,1-2,6-7,9-10H2,(H,18,20)/p+1/t13-,14+/m0/s1. The van der Waals surface area contributed by atoms with Crippen molar-refractivity contribution >= 4 is 29.2 Å². The van der Waals surface area contributed by atoms with E-state index in [0.29, 0.717) is 23.4 Å². The molecule has 5 nitrogen and oxygen atoms in total. The lowest BCUT2D eigenvalue weighted by atomic mass is 9.97. The lowest BCUT2D eigenvalue weighted by Crippen LogP contribution is -3.22. The molecule has 0 aliphatic carbocycles.